The Morgan fingerprint density at radius 3 is 2.24 bits per heavy atom. The summed E-state index contributed by atoms with van der Waals surface area (Å²) in [6, 6.07) is 19.0. The van der Waals surface area contributed by atoms with Crippen molar-refractivity contribution in [1.82, 2.24) is 4.90 Å². The number of rotatable bonds is 11. The van der Waals surface area contributed by atoms with E-state index >= 15 is 0 Å². The molecule has 1 aliphatic heterocycles. The van der Waals surface area contributed by atoms with Crippen LogP contribution in [0, 0.1) is 0 Å². The summed E-state index contributed by atoms with van der Waals surface area (Å²) in [6.07, 6.45) is 17.5. The zero-order valence-electron chi connectivity index (χ0n) is 21.8. The Morgan fingerprint density at radius 2 is 1.53 bits per heavy atom. The number of benzene rings is 2. The van der Waals surface area contributed by atoms with E-state index < -0.39 is 0 Å². The molecule has 0 atom stereocenters. The lowest BCUT2D eigenvalue weighted by Crippen LogP contribution is -2.23. The summed E-state index contributed by atoms with van der Waals surface area (Å²) in [5.41, 5.74) is 7.61. The molecule has 0 aliphatic carbocycles. The molecule has 2 nitrogen and oxygen atoms in total. The molecule has 0 amide bonds. The van der Waals surface area contributed by atoms with Crippen molar-refractivity contribution in [2.75, 3.05) is 11.9 Å². The van der Waals surface area contributed by atoms with E-state index in [1.165, 1.54) is 53.9 Å². The van der Waals surface area contributed by atoms with E-state index in [-0.39, 0.29) is 5.41 Å². The zero-order chi connectivity index (χ0) is 24.4. The monoisotopic (exact) mass is 454 g/mol. The highest BCUT2D eigenvalue weighted by Crippen LogP contribution is 2.34. The summed E-state index contributed by atoms with van der Waals surface area (Å²) in [6.45, 7) is 12.5. The average Bonchev–Trinajstić information content (AvgIpc) is 2.82. The number of nitrogens with one attached hydrogen (secondary N) is 1. The molecule has 0 saturated heterocycles. The summed E-state index contributed by atoms with van der Waals surface area (Å²) in [5, 5.41) is 3.60. The van der Waals surface area contributed by atoms with E-state index in [0.29, 0.717) is 0 Å². The zero-order valence-corrected chi connectivity index (χ0v) is 21.8. The van der Waals surface area contributed by atoms with Crippen LogP contribution in [-0.4, -0.2) is 11.4 Å². The fourth-order valence-electron chi connectivity index (χ4n) is 4.61. The number of unbranched alkanes of at least 4 members (excludes halogenated alkanes) is 3. The number of hydrogen-bond acceptors (Lipinski definition) is 2. The van der Waals surface area contributed by atoms with Gasteiger partial charge >= 0.3 is 0 Å². The topological polar surface area (TPSA) is 15.3 Å². The molecular weight excluding hydrogens is 412 g/mol. The molecule has 1 heterocycles. The van der Waals surface area contributed by atoms with Crippen LogP contribution in [-0.2, 0) is 5.41 Å². The first kappa shape index (κ1) is 25.6. The molecule has 0 spiro atoms. The van der Waals surface area contributed by atoms with Crippen LogP contribution in [0.25, 0.3) is 0 Å². The Bertz CT molecular complexity index is 1020. The lowest BCUT2D eigenvalue weighted by Gasteiger charge is -2.29. The van der Waals surface area contributed by atoms with Crippen molar-refractivity contribution in [2.24, 2.45) is 0 Å². The highest BCUT2D eigenvalue weighted by Gasteiger charge is 2.22. The average molecular weight is 455 g/mol. The second-order valence-electron chi connectivity index (χ2n) is 10.0. The van der Waals surface area contributed by atoms with Gasteiger partial charge in [0.15, 0.2) is 0 Å². The molecule has 2 heteroatoms. The van der Waals surface area contributed by atoms with Gasteiger partial charge in [-0.05, 0) is 73.6 Å². The van der Waals surface area contributed by atoms with Crippen LogP contribution < -0.4 is 5.32 Å². The standard InChI is InChI=1S/C32H42N2/c1-6-7-8-16-23-34-26(2)24-28(25-27(34)3)17-14-15-22-32(4,5)30-20-12-13-21-31(30)33-29-18-10-9-11-19-29/h9-15,17-21,24-25,33H,6-8,16,22-23H2,1-5H3/b15-14+. The van der Waals surface area contributed by atoms with Gasteiger partial charge < -0.3 is 10.2 Å². The number of allylic oxidation sites excluding steroid dienone is 8. The van der Waals surface area contributed by atoms with Gasteiger partial charge in [0.2, 0.25) is 0 Å². The van der Waals surface area contributed by atoms with Crippen molar-refractivity contribution in [1.29, 1.82) is 0 Å². The Balaban J connectivity index is 1.64. The van der Waals surface area contributed by atoms with Crippen molar-refractivity contribution in [3.8, 4) is 0 Å². The molecule has 1 aliphatic rings. The fraction of sp³-hybridized carbons (Fsp3) is 0.375. The van der Waals surface area contributed by atoms with Crippen LogP contribution >= 0.6 is 0 Å². The van der Waals surface area contributed by atoms with E-state index in [0.717, 1.165) is 18.7 Å². The van der Waals surface area contributed by atoms with Crippen molar-refractivity contribution in [2.45, 2.75) is 72.1 Å². The molecule has 1 N–H and O–H groups in total. The number of hydrogen-bond donors (Lipinski definition) is 1. The summed E-state index contributed by atoms with van der Waals surface area (Å²) >= 11 is 0. The molecule has 0 saturated carbocycles. The van der Waals surface area contributed by atoms with Gasteiger partial charge in [0, 0.05) is 29.3 Å². The minimum Gasteiger partial charge on any atom is -0.355 e. The van der Waals surface area contributed by atoms with Crippen LogP contribution in [0.3, 0.4) is 0 Å². The van der Waals surface area contributed by atoms with E-state index in [1.807, 2.05) is 6.07 Å². The smallest absolute Gasteiger partial charge is 0.0422 e. The highest BCUT2D eigenvalue weighted by atomic mass is 15.1. The van der Waals surface area contributed by atoms with Crippen LogP contribution in [0.2, 0.25) is 0 Å². The molecule has 3 rings (SSSR count). The van der Waals surface area contributed by atoms with E-state index in [1.54, 1.807) is 0 Å². The molecule has 0 bridgehead atoms. The molecule has 0 aromatic heterocycles. The van der Waals surface area contributed by atoms with E-state index in [4.69, 9.17) is 0 Å². The highest BCUT2D eigenvalue weighted by molar-refractivity contribution is 5.64. The van der Waals surface area contributed by atoms with Gasteiger partial charge in [-0.3, -0.25) is 0 Å². The number of anilines is 2. The van der Waals surface area contributed by atoms with Gasteiger partial charge in [0.1, 0.15) is 0 Å². The van der Waals surface area contributed by atoms with Crippen LogP contribution in [0.5, 0.6) is 0 Å². The number of nitrogens with zero attached hydrogens (tertiary/aromatic N) is 1. The largest absolute Gasteiger partial charge is 0.355 e. The normalized spacial score (nSPS) is 14.3. The summed E-state index contributed by atoms with van der Waals surface area (Å²) in [4.78, 5) is 2.45. The summed E-state index contributed by atoms with van der Waals surface area (Å²) < 4.78 is 0. The molecular formula is C32H42N2. The summed E-state index contributed by atoms with van der Waals surface area (Å²) in [7, 11) is 0. The van der Waals surface area contributed by atoms with Gasteiger partial charge in [-0.2, -0.15) is 0 Å². The SMILES string of the molecule is CCCCCCN1C(C)=CC(=C/C=C/CC(C)(C)c2ccccc2Nc2ccccc2)C=C1C. The first-order valence-electron chi connectivity index (χ1n) is 12.8. The molecule has 34 heavy (non-hydrogen) atoms. The predicted molar refractivity (Wildman–Crippen MR) is 149 cm³/mol. The summed E-state index contributed by atoms with van der Waals surface area (Å²) in [5.74, 6) is 0. The molecule has 2 aromatic rings. The molecule has 180 valence electrons. The van der Waals surface area contributed by atoms with Gasteiger partial charge in [-0.25, -0.2) is 0 Å². The molecule has 0 radical (unpaired) electrons. The molecule has 2 aromatic carbocycles. The van der Waals surface area contributed by atoms with Gasteiger partial charge in [0.25, 0.3) is 0 Å². The van der Waals surface area contributed by atoms with Crippen LogP contribution in [0.15, 0.2) is 102 Å². The lowest BCUT2D eigenvalue weighted by atomic mass is 9.80. The Hall–Kier alpha value is -3.00. The van der Waals surface area contributed by atoms with E-state index in [2.05, 4.69) is 124 Å². The minimum absolute atomic E-state index is 0.0206. The quantitative estimate of drug-likeness (QED) is 0.340. The maximum Gasteiger partial charge on any atom is 0.0422 e. The predicted octanol–water partition coefficient (Wildman–Crippen LogP) is 9.28. The second kappa shape index (κ2) is 12.5. The number of para-hydroxylation sites is 2. The fourth-order valence-corrected chi connectivity index (χ4v) is 4.61. The lowest BCUT2D eigenvalue weighted by molar-refractivity contribution is 0.404. The van der Waals surface area contributed by atoms with Crippen molar-refractivity contribution >= 4 is 11.4 Å². The Kier molecular flexibility index (Phi) is 9.39. The van der Waals surface area contributed by atoms with Crippen molar-refractivity contribution < 1.29 is 0 Å². The Labute approximate surface area is 207 Å². The van der Waals surface area contributed by atoms with Gasteiger partial charge in [-0.1, -0.05) is 94.7 Å². The van der Waals surface area contributed by atoms with E-state index in [9.17, 15) is 0 Å². The third-order valence-corrected chi connectivity index (χ3v) is 6.60. The third-order valence-electron chi connectivity index (χ3n) is 6.60. The molecule has 0 unspecified atom stereocenters. The third kappa shape index (κ3) is 7.25. The first-order chi connectivity index (χ1) is 16.4. The van der Waals surface area contributed by atoms with Crippen molar-refractivity contribution in [3.05, 3.63) is 108 Å². The van der Waals surface area contributed by atoms with Crippen LogP contribution in [0.1, 0.15) is 72.3 Å². The van der Waals surface area contributed by atoms with Gasteiger partial charge in [0.05, 0.1) is 0 Å². The van der Waals surface area contributed by atoms with Crippen LogP contribution in [0.4, 0.5) is 11.4 Å². The second-order valence-corrected chi connectivity index (χ2v) is 10.0. The minimum atomic E-state index is 0.0206. The molecule has 0 fully saturated rings. The maximum absolute atomic E-state index is 3.60. The van der Waals surface area contributed by atoms with Gasteiger partial charge in [-0.15, -0.1) is 0 Å². The Morgan fingerprint density at radius 1 is 0.853 bits per heavy atom. The van der Waals surface area contributed by atoms with Crippen molar-refractivity contribution in [3.63, 3.8) is 0 Å². The first-order valence-corrected chi connectivity index (χ1v) is 12.8. The maximum atomic E-state index is 3.60.